The van der Waals surface area contributed by atoms with Crippen LogP contribution in [0.15, 0.2) is 169 Å². The number of rotatable bonds is 3. The first kappa shape index (κ1) is 10.5. The molecular weight excluding hydrogens is 556 g/mol. The lowest BCUT2D eigenvalue weighted by Crippen LogP contribution is -1.93. The van der Waals surface area contributed by atoms with E-state index in [2.05, 4.69) is 0 Å². The van der Waals surface area contributed by atoms with E-state index in [1.165, 1.54) is 0 Å². The Bertz CT molecular complexity index is 4290. The summed E-state index contributed by atoms with van der Waals surface area (Å²) >= 11 is 0. The van der Waals surface area contributed by atoms with Crippen molar-refractivity contribution in [2.24, 2.45) is 0 Å². The van der Waals surface area contributed by atoms with Gasteiger partial charge in [-0.2, -0.15) is 0 Å². The summed E-state index contributed by atoms with van der Waals surface area (Å²) in [7, 11) is 0. The molecular formula is C44H28N2. The maximum atomic E-state index is 10.0. The summed E-state index contributed by atoms with van der Waals surface area (Å²) in [6.45, 7) is 0. The van der Waals surface area contributed by atoms with Gasteiger partial charge in [0.2, 0.25) is 0 Å². The molecule has 0 aliphatic carbocycles. The Kier molecular flexibility index (Phi) is 2.21. The van der Waals surface area contributed by atoms with Crippen molar-refractivity contribution in [1.29, 1.82) is 0 Å². The average Bonchev–Trinajstić information content (AvgIpc) is 3.88. The maximum Gasteiger partial charge on any atom is 0.0645 e. The van der Waals surface area contributed by atoms with E-state index >= 15 is 0 Å². The molecule has 0 unspecified atom stereocenters. The number of hydrogen-bond donors (Lipinski definition) is 0. The van der Waals surface area contributed by atoms with Crippen LogP contribution in [0.5, 0.6) is 0 Å². The third kappa shape index (κ3) is 3.59. The van der Waals surface area contributed by atoms with Crippen LogP contribution in [-0.4, -0.2) is 9.13 Å². The molecule has 0 bridgehead atoms. The second-order valence-corrected chi connectivity index (χ2v) is 10.1. The van der Waals surface area contributed by atoms with E-state index < -0.39 is 251 Å². The van der Waals surface area contributed by atoms with Gasteiger partial charge in [0.1, 0.15) is 0 Å². The molecule has 0 amide bonds. The highest BCUT2D eigenvalue weighted by Gasteiger charge is 2.18. The molecule has 0 radical (unpaired) electrons. The minimum Gasteiger partial charge on any atom is -0.309 e. The van der Waals surface area contributed by atoms with Gasteiger partial charge in [-0.3, -0.25) is 0 Å². The lowest BCUT2D eigenvalue weighted by molar-refractivity contribution is 1.18. The van der Waals surface area contributed by atoms with Gasteiger partial charge >= 0.3 is 0 Å². The quantitative estimate of drug-likeness (QED) is 0.188. The third-order valence-electron chi connectivity index (χ3n) is 7.65. The largest absolute Gasteiger partial charge is 0.309 e. The van der Waals surface area contributed by atoms with E-state index in [0.29, 0.717) is 0 Å². The highest BCUT2D eigenvalue weighted by molar-refractivity contribution is 6.23. The van der Waals surface area contributed by atoms with Gasteiger partial charge in [-0.05, 0) is 93.1 Å². The van der Waals surface area contributed by atoms with Crippen LogP contribution >= 0.6 is 0 Å². The van der Waals surface area contributed by atoms with Crippen molar-refractivity contribution >= 4 is 65.2 Å². The zero-order valence-corrected chi connectivity index (χ0v) is 23.0. The third-order valence-corrected chi connectivity index (χ3v) is 7.65. The van der Waals surface area contributed by atoms with Gasteiger partial charge < -0.3 is 9.13 Å². The van der Waals surface area contributed by atoms with Crippen LogP contribution < -0.4 is 0 Å². The molecule has 2 nitrogen and oxygen atoms in total. The molecule has 0 atom stereocenters. The van der Waals surface area contributed by atoms with Gasteiger partial charge in [0.15, 0.2) is 0 Å². The first-order chi connectivity index (χ1) is 34.1. The molecule has 0 N–H and O–H groups in total. The summed E-state index contributed by atoms with van der Waals surface area (Å²) in [5, 5.41) is -4.34. The monoisotopic (exact) mass is 611 g/mol. The van der Waals surface area contributed by atoms with Crippen LogP contribution in [0.3, 0.4) is 0 Å². The Labute approximate surface area is 303 Å². The summed E-state index contributed by atoms with van der Waals surface area (Å²) in [6.07, 6.45) is 0. The van der Waals surface area contributed by atoms with Gasteiger partial charge in [-0.25, -0.2) is 0 Å². The Hall–Kier alpha value is -6.12. The van der Waals surface area contributed by atoms with Gasteiger partial charge in [0, 0.05) is 32.9 Å². The van der Waals surface area contributed by atoms with E-state index in [4.69, 9.17) is 26.0 Å². The van der Waals surface area contributed by atoms with Crippen molar-refractivity contribution in [2.75, 3.05) is 0 Å². The molecule has 46 heavy (non-hydrogen) atoms. The van der Waals surface area contributed by atoms with Crippen LogP contribution in [-0.2, 0) is 0 Å². The van der Waals surface area contributed by atoms with Crippen molar-refractivity contribution in [3.05, 3.63) is 169 Å². The van der Waals surface area contributed by atoms with E-state index in [0.717, 1.165) is 15.2 Å². The summed E-state index contributed by atoms with van der Waals surface area (Å²) in [6, 6.07) is -22.4. The van der Waals surface area contributed by atoms with Crippen LogP contribution in [0.25, 0.3) is 87.7 Å². The summed E-state index contributed by atoms with van der Waals surface area (Å²) in [5.41, 5.74) is -5.48. The Morgan fingerprint density at radius 2 is 0.783 bits per heavy atom. The fraction of sp³-hybridized carbons (Fsp3) is 0. The molecule has 0 fully saturated rings. The molecule has 214 valence electrons. The number of aromatic nitrogens is 2. The van der Waals surface area contributed by atoms with Crippen LogP contribution in [0.1, 0.15) is 37.0 Å². The standard InChI is InChI=1S/C44H28N2/c1-3-13-33(14-4-1)45-39-23-21-31(27-37(39)43-35-17-9-7-11-29(35)19-25-41(43)45)32-22-24-40-38(28-32)44-36-18-10-8-12-30(36)20-26-42(44)46(40)34-15-5-2-6-16-34/h1-28H/i1D,3D,4D,5D,6D,7D,8D,9D,10D,11D,12D,13D,14D,15D,16D,17D,18D,19D,20D,21D,22D,23D,24D,25D,26D,27D,28D. The molecule has 10 aromatic rings. The predicted molar refractivity (Wildman–Crippen MR) is 196 cm³/mol. The van der Waals surface area contributed by atoms with Crippen LogP contribution in [0.2, 0.25) is 0 Å². The van der Waals surface area contributed by atoms with Crippen molar-refractivity contribution in [3.63, 3.8) is 0 Å². The smallest absolute Gasteiger partial charge is 0.0645 e. The van der Waals surface area contributed by atoms with E-state index in [9.17, 15) is 11.0 Å². The Morgan fingerprint density at radius 1 is 0.348 bits per heavy atom. The lowest BCUT2D eigenvalue weighted by Gasteiger charge is -2.09. The first-order valence-corrected chi connectivity index (χ1v) is 13.7. The molecule has 2 aromatic heterocycles. The van der Waals surface area contributed by atoms with Gasteiger partial charge in [0.05, 0.1) is 59.1 Å². The number of nitrogens with zero attached hydrogens (tertiary/aromatic N) is 2. The number of hydrogen-bond acceptors (Lipinski definition) is 0. The number of para-hydroxylation sites is 2. The SMILES string of the molecule is [2H]c1cc([2H])c([2H])c(-n2c3c([2H])c([2H])c(-c4c([2H])c([2H])c5c(c4[2H])c4c6c([2H])c([2H])c([2H])c([2H])c6c([2H])c([2H])c4n5-c4c([2H])c([2H])c([2H])c([2H])c4[2H])c([2H])c3c3c4c([2H])c([2H])c([2H])c([2H])c4c([2H])c([2H])c32)c1[2H]. The van der Waals surface area contributed by atoms with Gasteiger partial charge in [-0.15, -0.1) is 0 Å². The Morgan fingerprint density at radius 3 is 1.30 bits per heavy atom. The molecule has 0 aliphatic heterocycles. The highest BCUT2D eigenvalue weighted by atomic mass is 15.0. The molecule has 0 saturated carbocycles. The maximum absolute atomic E-state index is 10.0. The molecule has 2 heteroatoms. The van der Waals surface area contributed by atoms with E-state index in [1.54, 1.807) is 0 Å². The van der Waals surface area contributed by atoms with Crippen molar-refractivity contribution in [3.8, 4) is 22.5 Å². The number of benzene rings is 8. The summed E-state index contributed by atoms with van der Waals surface area (Å²) < 4.78 is 245. The van der Waals surface area contributed by atoms with Crippen molar-refractivity contribution in [1.82, 2.24) is 9.13 Å². The van der Waals surface area contributed by atoms with Crippen molar-refractivity contribution in [2.45, 2.75) is 0 Å². The van der Waals surface area contributed by atoms with Gasteiger partial charge in [0.25, 0.3) is 0 Å². The lowest BCUT2D eigenvalue weighted by atomic mass is 9.98. The average molecular weight is 612 g/mol. The Balaban J connectivity index is 1.53. The zero-order valence-electron chi connectivity index (χ0n) is 50.0. The minimum atomic E-state index is -1.04. The first-order valence-electron chi connectivity index (χ1n) is 27.2. The molecule has 0 saturated heterocycles. The molecule has 10 rings (SSSR count). The molecule has 0 spiro atoms. The second kappa shape index (κ2) is 9.69. The fourth-order valence-electron chi connectivity index (χ4n) is 5.78. The molecule has 2 heterocycles. The summed E-state index contributed by atoms with van der Waals surface area (Å²) in [4.78, 5) is 0. The van der Waals surface area contributed by atoms with E-state index in [-0.39, 0.29) is 0 Å². The molecule has 0 aliphatic rings. The molecule has 8 aromatic carbocycles. The summed E-state index contributed by atoms with van der Waals surface area (Å²) in [5.74, 6) is 0. The topological polar surface area (TPSA) is 9.86 Å². The normalized spacial score (nSPS) is 20.1. The second-order valence-electron chi connectivity index (χ2n) is 10.1. The zero-order chi connectivity index (χ0) is 53.7. The highest BCUT2D eigenvalue weighted by Crippen LogP contribution is 2.41. The van der Waals surface area contributed by atoms with E-state index in [1.807, 2.05) is 0 Å². The van der Waals surface area contributed by atoms with Crippen LogP contribution in [0, 0.1) is 0 Å². The van der Waals surface area contributed by atoms with Crippen LogP contribution in [0.4, 0.5) is 0 Å². The van der Waals surface area contributed by atoms with Gasteiger partial charge in [-0.1, -0.05) is 109 Å². The predicted octanol–water partition coefficient (Wildman–Crippen LogP) is 11.9. The minimum absolute atomic E-state index is 0.481. The fourth-order valence-corrected chi connectivity index (χ4v) is 5.78. The van der Waals surface area contributed by atoms with Crippen molar-refractivity contribution < 1.29 is 37.0 Å². The number of fused-ring (bicyclic) bond motifs is 10.